The van der Waals surface area contributed by atoms with E-state index in [0.717, 1.165) is 55.8 Å². The molecule has 0 spiro atoms. The van der Waals surface area contributed by atoms with Gasteiger partial charge in [0, 0.05) is 47.0 Å². The number of allylic oxidation sites excluding steroid dienone is 1. The van der Waals surface area contributed by atoms with Crippen molar-refractivity contribution in [2.24, 2.45) is 38.9 Å². The highest BCUT2D eigenvalue weighted by Crippen LogP contribution is 2.86. The van der Waals surface area contributed by atoms with E-state index < -0.39 is 44.4 Å². The summed E-state index contributed by atoms with van der Waals surface area (Å²) >= 11 is 0.649. The average Bonchev–Trinajstić information content (AvgIpc) is 3.88. The number of carbonyl (C=O) groups is 3. The van der Waals surface area contributed by atoms with Gasteiger partial charge in [0.05, 0.1) is 23.8 Å². The number of nitrogens with zero attached hydrogens (tertiary/aromatic N) is 3. The van der Waals surface area contributed by atoms with Gasteiger partial charge < -0.3 is 19.5 Å². The molecule has 0 aliphatic heterocycles. The van der Waals surface area contributed by atoms with Gasteiger partial charge in [-0.1, -0.05) is 60.5 Å². The van der Waals surface area contributed by atoms with Crippen LogP contribution in [0.5, 0.6) is 0 Å². The summed E-state index contributed by atoms with van der Waals surface area (Å²) in [6, 6.07) is 6.69. The van der Waals surface area contributed by atoms with Crippen molar-refractivity contribution in [1.82, 2.24) is 14.7 Å². The largest absolute Gasteiger partial charge is 0.457 e. The van der Waals surface area contributed by atoms with Crippen molar-refractivity contribution in [2.75, 3.05) is 14.1 Å². The second-order valence-corrected chi connectivity index (χ2v) is 18.4. The Hall–Kier alpha value is -3.77. The molecule has 56 heavy (non-hydrogen) atoms. The lowest BCUT2D eigenvalue weighted by Crippen LogP contribution is -2.75. The quantitative estimate of drug-likeness (QED) is 0.208. The Bertz CT molecular complexity index is 2060. The predicted molar refractivity (Wildman–Crippen MR) is 219 cm³/mol. The monoisotopic (exact) mass is 799 g/mol. The molecular formula is C44H63F2N3O6S. The topological polar surface area (TPSA) is 126 Å². The third-order valence-corrected chi connectivity index (χ3v) is 16.9. The van der Waals surface area contributed by atoms with Crippen LogP contribution < -0.4 is 0 Å². The molecule has 7 atom stereocenters. The lowest BCUT2D eigenvalue weighted by Gasteiger charge is -2.78. The van der Waals surface area contributed by atoms with Crippen molar-refractivity contribution < 1.29 is 42.1 Å². The molecule has 0 radical (unpaired) electrons. The van der Waals surface area contributed by atoms with Crippen molar-refractivity contribution in [3.8, 4) is 5.69 Å². The molecule has 1 amide bonds. The minimum absolute atomic E-state index is 0. The SMILES string of the molecule is CCC1C[C@@]2(C(C)C)C(C)(CC[C@]2(OC(=O)c2ccco2)C(=O)SC(=O)N(C)C)[C@]2(CC)CCC3=Cc4c(cnn4-c4cc(F)cc(F)c4)C[C@]3(CC)C12C.O.[HH].[HH].[HH]. The van der Waals surface area contributed by atoms with Gasteiger partial charge in [-0.25, -0.2) is 18.3 Å². The van der Waals surface area contributed by atoms with E-state index in [1.165, 1.54) is 28.9 Å². The molecule has 1 aromatic carbocycles. The normalized spacial score (nSPS) is 33.0. The number of halogens is 2. The van der Waals surface area contributed by atoms with Crippen LogP contribution in [0.2, 0.25) is 0 Å². The first-order valence-corrected chi connectivity index (χ1v) is 20.7. The molecule has 3 fully saturated rings. The number of aromatic nitrogens is 2. The zero-order chi connectivity index (χ0) is 39.9. The van der Waals surface area contributed by atoms with Gasteiger partial charge >= 0.3 is 5.97 Å². The zero-order valence-electron chi connectivity index (χ0n) is 34.2. The third-order valence-electron chi connectivity index (χ3n) is 15.9. The van der Waals surface area contributed by atoms with Crippen LogP contribution in [0.3, 0.4) is 0 Å². The molecule has 0 bridgehead atoms. The van der Waals surface area contributed by atoms with Crippen LogP contribution in [-0.4, -0.2) is 56.2 Å². The Morgan fingerprint density at radius 2 is 1.77 bits per heavy atom. The number of amides is 1. The van der Waals surface area contributed by atoms with Crippen LogP contribution in [0, 0.1) is 50.5 Å². The van der Waals surface area contributed by atoms with Crippen molar-refractivity contribution in [1.29, 1.82) is 0 Å². The van der Waals surface area contributed by atoms with Gasteiger partial charge in [0.2, 0.25) is 10.9 Å². The van der Waals surface area contributed by atoms with Crippen LogP contribution in [0.25, 0.3) is 11.8 Å². The van der Waals surface area contributed by atoms with E-state index in [9.17, 15) is 18.4 Å². The Kier molecular flexibility index (Phi) is 10.7. The summed E-state index contributed by atoms with van der Waals surface area (Å²) < 4.78 is 42.8. The first-order valence-electron chi connectivity index (χ1n) is 19.9. The van der Waals surface area contributed by atoms with E-state index in [-0.39, 0.29) is 43.6 Å². The highest BCUT2D eigenvalue weighted by atomic mass is 32.2. The highest BCUT2D eigenvalue weighted by Gasteiger charge is 2.84. The minimum atomic E-state index is -1.59. The first-order chi connectivity index (χ1) is 26.0. The summed E-state index contributed by atoms with van der Waals surface area (Å²) in [6.45, 7) is 16.1. The Morgan fingerprint density at radius 3 is 2.34 bits per heavy atom. The number of rotatable bonds is 8. The number of carbonyl (C=O) groups excluding carboxylic acids is 3. The number of thioether (sulfide) groups is 1. The minimum Gasteiger partial charge on any atom is -0.457 e. The molecule has 4 aliphatic carbocycles. The molecule has 2 N–H and O–H groups in total. The first kappa shape index (κ1) is 41.9. The van der Waals surface area contributed by atoms with E-state index in [4.69, 9.17) is 14.3 Å². The summed E-state index contributed by atoms with van der Waals surface area (Å²) in [5.74, 6) is -1.96. The van der Waals surface area contributed by atoms with Crippen LogP contribution in [0.15, 0.2) is 52.8 Å². The molecule has 3 saturated carbocycles. The molecule has 12 heteroatoms. The summed E-state index contributed by atoms with van der Waals surface area (Å²) in [5, 5.41) is 3.89. The van der Waals surface area contributed by atoms with Crippen molar-refractivity contribution in [3.63, 3.8) is 0 Å². The van der Waals surface area contributed by atoms with Crippen LogP contribution in [0.1, 0.15) is 126 Å². The fraction of sp³-hybridized carbons (Fsp3) is 0.591. The Morgan fingerprint density at radius 1 is 1.07 bits per heavy atom. The van der Waals surface area contributed by atoms with Gasteiger partial charge in [-0.15, -0.1) is 0 Å². The number of fused-ring (bicyclic) bond motifs is 6. The van der Waals surface area contributed by atoms with Gasteiger partial charge in [0.15, 0.2) is 5.60 Å². The lowest BCUT2D eigenvalue weighted by atomic mass is 9.25. The zero-order valence-corrected chi connectivity index (χ0v) is 35.0. The van der Waals surface area contributed by atoms with Gasteiger partial charge in [-0.2, -0.15) is 5.10 Å². The van der Waals surface area contributed by atoms with Gasteiger partial charge in [0.25, 0.3) is 5.24 Å². The van der Waals surface area contributed by atoms with Gasteiger partial charge in [0.1, 0.15) is 11.6 Å². The highest BCUT2D eigenvalue weighted by molar-refractivity contribution is 8.26. The summed E-state index contributed by atoms with van der Waals surface area (Å²) in [4.78, 5) is 43.9. The molecular weight excluding hydrogens is 737 g/mol. The van der Waals surface area contributed by atoms with Crippen molar-refractivity contribution >= 4 is 34.2 Å². The summed E-state index contributed by atoms with van der Waals surface area (Å²) in [5.41, 5.74) is -0.192. The fourth-order valence-electron chi connectivity index (χ4n) is 13.7. The van der Waals surface area contributed by atoms with Crippen molar-refractivity contribution in [2.45, 2.75) is 112 Å². The molecule has 3 unspecified atom stereocenters. The molecule has 4 aliphatic rings. The van der Waals surface area contributed by atoms with Gasteiger partial charge in [-0.3, -0.25) is 9.59 Å². The molecule has 9 nitrogen and oxygen atoms in total. The predicted octanol–water partition coefficient (Wildman–Crippen LogP) is 10.6. The molecule has 310 valence electrons. The maximum absolute atomic E-state index is 15.1. The molecule has 2 heterocycles. The Balaban J connectivity index is 0.00000233. The molecule has 3 aromatic rings. The van der Waals surface area contributed by atoms with Crippen LogP contribution >= 0.6 is 11.8 Å². The van der Waals surface area contributed by atoms with Crippen molar-refractivity contribution in [3.05, 3.63) is 77.0 Å². The van der Waals surface area contributed by atoms with E-state index >= 15 is 4.79 Å². The summed E-state index contributed by atoms with van der Waals surface area (Å²) in [7, 11) is 3.25. The third kappa shape index (κ3) is 5.18. The van der Waals surface area contributed by atoms with E-state index in [1.807, 2.05) is 6.20 Å². The van der Waals surface area contributed by atoms with Crippen LogP contribution in [-0.2, 0) is 16.0 Å². The molecule has 7 rings (SSSR count). The molecule has 2 aromatic heterocycles. The lowest BCUT2D eigenvalue weighted by molar-refractivity contribution is -0.297. The second-order valence-electron chi connectivity index (χ2n) is 17.5. The Labute approximate surface area is 337 Å². The number of hydrogen-bond acceptors (Lipinski definition) is 7. The standard InChI is InChI=1S/C44H55F2N3O5S.H2O.3H2/c1-10-29-25-43(27(4)5)39(6,17-18-44(43,37(51)55-38(52)48(8)9)54-36(50)35-14-13-19-53-35)42(12-3)16-15-30-20-34-28(24-41(30,11-2)40(29,42)7)26-47-49(34)33-22-31(45)21-32(46)23-33;;;;/h13-14,19-23,26-27,29H,10-12,15-18,24-25H2,1-9H3;1H2;3*1H/t29?,39?,40?,41-,42-,43+,44-;;;;/m0..../s1. The number of esters is 1. The maximum atomic E-state index is 15.1. The number of furan rings is 1. The van der Waals surface area contributed by atoms with E-state index in [2.05, 4.69) is 54.5 Å². The number of hydrogen-bond donors (Lipinski definition) is 0. The van der Waals surface area contributed by atoms with E-state index in [1.54, 1.807) is 30.9 Å². The van der Waals surface area contributed by atoms with E-state index in [0.29, 0.717) is 36.7 Å². The maximum Gasteiger partial charge on any atom is 0.375 e. The smallest absolute Gasteiger partial charge is 0.375 e. The summed E-state index contributed by atoms with van der Waals surface area (Å²) in [6.07, 6.45) is 12.1. The number of ether oxygens (including phenoxy) is 1. The molecule has 0 saturated heterocycles. The number of benzene rings is 1. The fourth-order valence-corrected chi connectivity index (χ4v) is 14.5. The van der Waals surface area contributed by atoms with Crippen LogP contribution in [0.4, 0.5) is 13.6 Å². The van der Waals surface area contributed by atoms with Gasteiger partial charge in [-0.05, 0) is 115 Å². The second kappa shape index (κ2) is 14.3. The average molecular weight is 800 g/mol.